The average molecular weight is 902 g/mol. The second-order valence-corrected chi connectivity index (χ2v) is 21.7. The molecule has 10 rings (SSSR count). The summed E-state index contributed by atoms with van der Waals surface area (Å²) in [5, 5.41) is 18.7. The predicted molar refractivity (Wildman–Crippen MR) is 248 cm³/mol. The fourth-order valence-corrected chi connectivity index (χ4v) is 12.6. The summed E-state index contributed by atoms with van der Waals surface area (Å²) in [5.74, 6) is -0.521. The number of esters is 1. The normalized spacial score (nSPS) is 30.5. The molecule has 2 N–H and O–H groups in total. The molecule has 4 aromatic rings. The minimum absolute atomic E-state index is 0.0181. The summed E-state index contributed by atoms with van der Waals surface area (Å²) in [6.45, 7) is 13.5. The van der Waals surface area contributed by atoms with Crippen molar-refractivity contribution in [2.24, 2.45) is 29.1 Å². The van der Waals surface area contributed by atoms with Gasteiger partial charge in [-0.1, -0.05) is 33.8 Å². The molecule has 65 heavy (non-hydrogen) atoms. The highest BCUT2D eigenvalue weighted by Crippen LogP contribution is 2.50. The Kier molecular flexibility index (Phi) is 11.4. The van der Waals surface area contributed by atoms with Crippen molar-refractivity contribution in [2.75, 3.05) is 46.9 Å². The Morgan fingerprint density at radius 2 is 1.91 bits per heavy atom. The van der Waals surface area contributed by atoms with Gasteiger partial charge >= 0.3 is 5.97 Å². The van der Waals surface area contributed by atoms with Crippen molar-refractivity contribution in [2.45, 2.75) is 115 Å². The van der Waals surface area contributed by atoms with Gasteiger partial charge in [0.1, 0.15) is 17.1 Å². The SMILES string of the molecule is CO[C@@H](C)c1ncccc1-c1c2c3cc(ccc3n1C1CC(C#N)C1)-c1csc(n1)[C@@H](N1CC3(CCCN3C)C1)[C@H](NC(=O)C1[C@@H](C)[C@H]1C)C(=O)N1CCC[C@H](N1)C(=O)OCC(C)(C)C2. The number of nitrogens with one attached hydrogen (secondary N) is 2. The number of ether oxygens (including phenoxy) is 2. The molecule has 3 aromatic heterocycles. The van der Waals surface area contributed by atoms with Gasteiger partial charge in [0.25, 0.3) is 5.91 Å². The van der Waals surface area contributed by atoms with E-state index in [1.807, 2.05) is 19.2 Å². The van der Waals surface area contributed by atoms with Crippen LogP contribution in [0, 0.1) is 40.4 Å². The van der Waals surface area contributed by atoms with E-state index < -0.39 is 29.5 Å². The first-order valence-electron chi connectivity index (χ1n) is 23.7. The molecular weight excluding hydrogens is 839 g/mol. The van der Waals surface area contributed by atoms with Crippen molar-refractivity contribution in [3.8, 4) is 28.6 Å². The third kappa shape index (κ3) is 7.76. The van der Waals surface area contributed by atoms with E-state index in [1.54, 1.807) is 12.1 Å². The van der Waals surface area contributed by atoms with Crippen molar-refractivity contribution in [3.05, 3.63) is 58.2 Å². The number of hydrazine groups is 1. The molecule has 3 saturated heterocycles. The highest BCUT2D eigenvalue weighted by molar-refractivity contribution is 7.10. The first-order chi connectivity index (χ1) is 31.2. The molecule has 6 bridgehead atoms. The number of pyridine rings is 1. The molecule has 15 heteroatoms. The molecule has 7 heterocycles. The quantitative estimate of drug-likeness (QED) is 0.187. The lowest BCUT2D eigenvalue weighted by Crippen LogP contribution is -2.70. The van der Waals surface area contributed by atoms with E-state index in [4.69, 9.17) is 19.4 Å². The average Bonchev–Trinajstić information content (AvgIpc) is 3.67. The number of carbonyl (C=O) groups is 3. The van der Waals surface area contributed by atoms with Crippen LogP contribution < -0.4 is 10.7 Å². The van der Waals surface area contributed by atoms with Crippen LogP contribution in [0.5, 0.6) is 0 Å². The topological polar surface area (TPSA) is 158 Å². The summed E-state index contributed by atoms with van der Waals surface area (Å²) >= 11 is 1.53. The number of methoxy groups -OCH3 is 1. The maximum atomic E-state index is 15.2. The van der Waals surface area contributed by atoms with E-state index in [2.05, 4.69) is 95.6 Å². The molecule has 2 amide bonds. The summed E-state index contributed by atoms with van der Waals surface area (Å²) in [6.07, 6.45) is 6.92. The Balaban J connectivity index is 1.15. The Hall–Kier alpha value is -4.72. The molecule has 5 fully saturated rings. The van der Waals surface area contributed by atoms with E-state index in [0.717, 1.165) is 95.0 Å². The molecule has 1 aromatic carbocycles. The van der Waals surface area contributed by atoms with Crippen LogP contribution in [0.2, 0.25) is 0 Å². The zero-order valence-electron chi connectivity index (χ0n) is 38.8. The highest BCUT2D eigenvalue weighted by Gasteiger charge is 2.55. The van der Waals surface area contributed by atoms with Crippen LogP contribution >= 0.6 is 11.3 Å². The number of amides is 2. The lowest BCUT2D eigenvalue weighted by molar-refractivity contribution is -0.156. The molecule has 2 saturated carbocycles. The smallest absolute Gasteiger partial charge is 0.324 e. The number of carbonyl (C=O) groups excluding carboxylic acids is 3. The molecule has 1 spiro atoms. The highest BCUT2D eigenvalue weighted by atomic mass is 32.1. The Bertz CT molecular complexity index is 2540. The summed E-state index contributed by atoms with van der Waals surface area (Å²) in [5.41, 5.74) is 9.55. The molecule has 0 radical (unpaired) electrons. The van der Waals surface area contributed by atoms with Crippen molar-refractivity contribution < 1.29 is 23.9 Å². The molecule has 4 aliphatic heterocycles. The monoisotopic (exact) mass is 901 g/mol. The number of hydrogen-bond acceptors (Lipinski definition) is 12. The molecule has 344 valence electrons. The van der Waals surface area contributed by atoms with Crippen molar-refractivity contribution in [1.82, 2.24) is 40.1 Å². The predicted octanol–water partition coefficient (Wildman–Crippen LogP) is 6.84. The van der Waals surface area contributed by atoms with E-state index in [1.165, 1.54) is 11.3 Å². The lowest BCUT2D eigenvalue weighted by Gasteiger charge is -2.55. The van der Waals surface area contributed by atoms with Gasteiger partial charge in [-0.25, -0.2) is 10.4 Å². The maximum Gasteiger partial charge on any atom is 0.324 e. The fraction of sp³-hybridized carbons (Fsp3) is 0.600. The van der Waals surface area contributed by atoms with Gasteiger partial charge in [-0.15, -0.1) is 11.3 Å². The fourth-order valence-electron chi connectivity index (χ4n) is 11.6. The van der Waals surface area contributed by atoms with Crippen LogP contribution in [0.15, 0.2) is 41.9 Å². The Morgan fingerprint density at radius 3 is 2.62 bits per heavy atom. The van der Waals surface area contributed by atoms with Gasteiger partial charge in [0.2, 0.25) is 5.91 Å². The summed E-state index contributed by atoms with van der Waals surface area (Å²) in [6, 6.07) is 11.0. The third-order valence-corrected chi connectivity index (χ3v) is 16.9. The number of aromatic nitrogens is 3. The molecule has 7 atom stereocenters. The molecular formula is C50H63N9O5S. The zero-order chi connectivity index (χ0) is 45.5. The number of nitrogens with zero attached hydrogens (tertiary/aromatic N) is 7. The van der Waals surface area contributed by atoms with Gasteiger partial charge in [0.05, 0.1) is 47.8 Å². The van der Waals surface area contributed by atoms with Gasteiger partial charge in [-0.05, 0) is 107 Å². The van der Waals surface area contributed by atoms with Crippen molar-refractivity contribution >= 4 is 40.0 Å². The largest absolute Gasteiger partial charge is 0.464 e. The number of fused-ring (bicyclic) bond motifs is 6. The number of hydrogen-bond donors (Lipinski definition) is 2. The van der Waals surface area contributed by atoms with Crippen LogP contribution in [0.25, 0.3) is 33.4 Å². The van der Waals surface area contributed by atoms with E-state index in [9.17, 15) is 14.9 Å². The van der Waals surface area contributed by atoms with Gasteiger partial charge in [-0.3, -0.25) is 34.2 Å². The number of benzene rings is 1. The first kappa shape index (κ1) is 44.1. The summed E-state index contributed by atoms with van der Waals surface area (Å²) in [4.78, 5) is 58.6. The van der Waals surface area contributed by atoms with Crippen molar-refractivity contribution in [1.29, 1.82) is 5.26 Å². The van der Waals surface area contributed by atoms with E-state index in [0.29, 0.717) is 25.8 Å². The third-order valence-electron chi connectivity index (χ3n) is 16.0. The maximum absolute atomic E-state index is 15.2. The van der Waals surface area contributed by atoms with Crippen LogP contribution in [-0.2, 0) is 30.3 Å². The van der Waals surface area contributed by atoms with Crippen LogP contribution in [0.3, 0.4) is 0 Å². The number of likely N-dealkylation sites (N-methyl/N-ethyl adjacent to an activating group) is 1. The standard InChI is InChI=1S/C50H63N9O5S/c1-28-29(2)40(28)45(60)54-42-44(57-25-50(26-57)15-10-17-56(50)6)46-53-38(24-65-46)32-13-14-39-35(21-32)36(22-49(4,5)27-64-48(62)37-12-9-18-58(55-37)47(42)61)43(59(39)33-19-31(20-33)23-51)34-11-8-16-52-41(34)30(3)63-7/h8,11,13-14,16,21,24,28-31,33,37,40,42,44,55H,9-10,12,15,17-20,22,25-27H2,1-7H3,(H,54,60)/t28-,29+,30-,31?,33?,37-,40?,42-,44-/m0/s1. The van der Waals surface area contributed by atoms with Crippen LogP contribution in [0.4, 0.5) is 0 Å². The minimum atomic E-state index is -0.945. The first-order valence-corrected chi connectivity index (χ1v) is 24.6. The van der Waals surface area contributed by atoms with Gasteiger partial charge in [0, 0.05) is 83.3 Å². The number of likely N-dealkylation sites (tertiary alicyclic amines) is 2. The summed E-state index contributed by atoms with van der Waals surface area (Å²) in [7, 11) is 3.89. The minimum Gasteiger partial charge on any atom is -0.464 e. The summed E-state index contributed by atoms with van der Waals surface area (Å²) < 4.78 is 14.6. The van der Waals surface area contributed by atoms with E-state index >= 15 is 4.79 Å². The van der Waals surface area contributed by atoms with Gasteiger partial charge in [0.15, 0.2) is 0 Å². The second kappa shape index (κ2) is 16.9. The van der Waals surface area contributed by atoms with Crippen LogP contribution in [-0.4, -0.2) is 112 Å². The van der Waals surface area contributed by atoms with E-state index in [-0.39, 0.29) is 59.8 Å². The second-order valence-electron chi connectivity index (χ2n) is 20.9. The Labute approximate surface area is 386 Å². The Morgan fingerprint density at radius 1 is 1.12 bits per heavy atom. The molecule has 1 unspecified atom stereocenters. The molecule has 6 aliphatic rings. The van der Waals surface area contributed by atoms with Crippen molar-refractivity contribution in [3.63, 3.8) is 0 Å². The van der Waals surface area contributed by atoms with Crippen LogP contribution in [0.1, 0.15) is 108 Å². The number of nitriles is 1. The molecule has 2 aliphatic carbocycles. The number of rotatable bonds is 7. The number of thiazole rings is 1. The molecule has 14 nitrogen and oxygen atoms in total. The van der Waals surface area contributed by atoms with Gasteiger partial charge < -0.3 is 19.4 Å². The van der Waals surface area contributed by atoms with Gasteiger partial charge in [-0.2, -0.15) is 5.26 Å². The zero-order valence-corrected chi connectivity index (χ0v) is 39.6. The lowest BCUT2D eigenvalue weighted by atomic mass is 9.80. The number of cyclic esters (lactones) is 1.